The predicted molar refractivity (Wildman–Crippen MR) is 77.3 cm³/mol. The third-order valence-corrected chi connectivity index (χ3v) is 4.66. The standard InChI is InChI=1S/C14H17FN2O3S/c1-3-10-16-14(18)5-4-11-17(2)21(19,20)13-8-6-12(15)7-9-13/h1,6-9H,4-5,10-11H2,2H3,(H,16,18). The van der Waals surface area contributed by atoms with Gasteiger partial charge in [0.2, 0.25) is 15.9 Å². The monoisotopic (exact) mass is 312 g/mol. The van der Waals surface area contributed by atoms with Crippen LogP contribution in [0.2, 0.25) is 0 Å². The summed E-state index contributed by atoms with van der Waals surface area (Å²) in [6, 6.07) is 4.60. The van der Waals surface area contributed by atoms with E-state index in [2.05, 4.69) is 11.2 Å². The van der Waals surface area contributed by atoms with Crippen molar-refractivity contribution in [3.8, 4) is 12.3 Å². The number of hydrogen-bond donors (Lipinski definition) is 1. The highest BCUT2D eigenvalue weighted by Crippen LogP contribution is 2.15. The van der Waals surface area contributed by atoms with Gasteiger partial charge < -0.3 is 5.32 Å². The maximum absolute atomic E-state index is 12.8. The van der Waals surface area contributed by atoms with Crippen molar-refractivity contribution in [1.82, 2.24) is 9.62 Å². The second-order valence-electron chi connectivity index (χ2n) is 4.36. The molecule has 0 saturated carbocycles. The van der Waals surface area contributed by atoms with E-state index in [-0.39, 0.29) is 30.3 Å². The van der Waals surface area contributed by atoms with E-state index < -0.39 is 15.8 Å². The quantitative estimate of drug-likeness (QED) is 0.763. The average molecular weight is 312 g/mol. The average Bonchev–Trinajstić information content (AvgIpc) is 2.45. The first-order chi connectivity index (χ1) is 9.87. The number of carbonyl (C=O) groups excluding carboxylic acids is 1. The number of halogens is 1. The summed E-state index contributed by atoms with van der Waals surface area (Å²) in [5, 5.41) is 2.50. The first-order valence-corrected chi connectivity index (χ1v) is 7.74. The third kappa shape index (κ3) is 5.17. The van der Waals surface area contributed by atoms with Crippen LogP contribution >= 0.6 is 0 Å². The van der Waals surface area contributed by atoms with Crippen LogP contribution in [0, 0.1) is 18.2 Å². The highest BCUT2D eigenvalue weighted by Gasteiger charge is 2.20. The van der Waals surface area contributed by atoms with Gasteiger partial charge >= 0.3 is 0 Å². The Balaban J connectivity index is 2.55. The fraction of sp³-hybridized carbons (Fsp3) is 0.357. The van der Waals surface area contributed by atoms with Crippen molar-refractivity contribution in [1.29, 1.82) is 0 Å². The van der Waals surface area contributed by atoms with Crippen molar-refractivity contribution < 1.29 is 17.6 Å². The Labute approximate surface area is 124 Å². The Morgan fingerprint density at radius 3 is 2.57 bits per heavy atom. The van der Waals surface area contributed by atoms with Crippen molar-refractivity contribution in [2.24, 2.45) is 0 Å². The van der Waals surface area contributed by atoms with Gasteiger partial charge in [0.05, 0.1) is 11.4 Å². The summed E-state index contributed by atoms with van der Waals surface area (Å²) in [7, 11) is -2.25. The SMILES string of the molecule is C#CCNC(=O)CCCN(C)S(=O)(=O)c1ccc(F)cc1. The van der Waals surface area contributed by atoms with E-state index >= 15 is 0 Å². The van der Waals surface area contributed by atoms with Gasteiger partial charge in [0.25, 0.3) is 0 Å². The van der Waals surface area contributed by atoms with Gasteiger partial charge in [0, 0.05) is 20.0 Å². The van der Waals surface area contributed by atoms with Crippen LogP contribution in [0.3, 0.4) is 0 Å². The highest BCUT2D eigenvalue weighted by atomic mass is 32.2. The molecule has 1 amide bonds. The number of terminal acetylenes is 1. The molecule has 7 heteroatoms. The normalized spacial score (nSPS) is 11.1. The first kappa shape index (κ1) is 17.1. The molecular weight excluding hydrogens is 295 g/mol. The van der Waals surface area contributed by atoms with Crippen molar-refractivity contribution >= 4 is 15.9 Å². The molecule has 0 radical (unpaired) electrons. The zero-order valence-corrected chi connectivity index (χ0v) is 12.5. The van der Waals surface area contributed by atoms with E-state index in [4.69, 9.17) is 6.42 Å². The van der Waals surface area contributed by atoms with E-state index in [0.29, 0.717) is 6.42 Å². The fourth-order valence-electron chi connectivity index (χ4n) is 1.61. The number of nitrogens with zero attached hydrogens (tertiary/aromatic N) is 1. The summed E-state index contributed by atoms with van der Waals surface area (Å²) in [6.45, 7) is 0.339. The minimum Gasteiger partial charge on any atom is -0.345 e. The van der Waals surface area contributed by atoms with Crippen LogP contribution in [0.4, 0.5) is 4.39 Å². The van der Waals surface area contributed by atoms with E-state index in [1.807, 2.05) is 0 Å². The molecule has 0 atom stereocenters. The molecule has 1 rings (SSSR count). The molecule has 5 nitrogen and oxygen atoms in total. The summed E-state index contributed by atoms with van der Waals surface area (Å²) < 4.78 is 38.3. The van der Waals surface area contributed by atoms with Gasteiger partial charge in [-0.3, -0.25) is 4.79 Å². The minimum absolute atomic E-state index is 0.0168. The Kier molecular flexibility index (Phi) is 6.34. The molecule has 0 aromatic heterocycles. The lowest BCUT2D eigenvalue weighted by Gasteiger charge is -2.16. The van der Waals surface area contributed by atoms with Gasteiger partial charge in [-0.15, -0.1) is 6.42 Å². The zero-order valence-electron chi connectivity index (χ0n) is 11.7. The van der Waals surface area contributed by atoms with E-state index in [9.17, 15) is 17.6 Å². The Morgan fingerprint density at radius 1 is 1.38 bits per heavy atom. The van der Waals surface area contributed by atoms with Gasteiger partial charge in [-0.2, -0.15) is 0 Å². The molecule has 0 fully saturated rings. The molecule has 0 heterocycles. The lowest BCUT2D eigenvalue weighted by molar-refractivity contribution is -0.120. The topological polar surface area (TPSA) is 66.5 Å². The molecule has 114 valence electrons. The number of nitrogens with one attached hydrogen (secondary N) is 1. The van der Waals surface area contributed by atoms with E-state index in [1.165, 1.54) is 19.2 Å². The van der Waals surface area contributed by atoms with Crippen molar-refractivity contribution in [2.75, 3.05) is 20.1 Å². The van der Waals surface area contributed by atoms with Crippen LogP contribution in [0.5, 0.6) is 0 Å². The van der Waals surface area contributed by atoms with Crippen LogP contribution in [0.15, 0.2) is 29.2 Å². The molecule has 21 heavy (non-hydrogen) atoms. The van der Waals surface area contributed by atoms with Crippen molar-refractivity contribution in [3.63, 3.8) is 0 Å². The minimum atomic E-state index is -3.67. The molecular formula is C14H17FN2O3S. The van der Waals surface area contributed by atoms with Crippen LogP contribution in [-0.2, 0) is 14.8 Å². The lowest BCUT2D eigenvalue weighted by Crippen LogP contribution is -2.29. The maximum Gasteiger partial charge on any atom is 0.242 e. The first-order valence-electron chi connectivity index (χ1n) is 6.30. The van der Waals surface area contributed by atoms with E-state index in [0.717, 1.165) is 16.4 Å². The second kappa shape index (κ2) is 7.76. The second-order valence-corrected chi connectivity index (χ2v) is 6.41. The largest absolute Gasteiger partial charge is 0.345 e. The smallest absolute Gasteiger partial charge is 0.242 e. The third-order valence-electron chi connectivity index (χ3n) is 2.79. The number of amides is 1. The molecule has 1 N–H and O–H groups in total. The molecule has 0 aliphatic carbocycles. The molecule has 0 unspecified atom stereocenters. The summed E-state index contributed by atoms with van der Waals surface area (Å²) in [5.41, 5.74) is 0. The molecule has 0 bridgehead atoms. The Bertz CT molecular complexity index is 621. The summed E-state index contributed by atoms with van der Waals surface area (Å²) in [4.78, 5) is 11.3. The summed E-state index contributed by atoms with van der Waals surface area (Å²) >= 11 is 0. The number of rotatable bonds is 7. The number of carbonyl (C=O) groups is 1. The van der Waals surface area contributed by atoms with Gasteiger partial charge in [-0.1, -0.05) is 5.92 Å². The number of benzene rings is 1. The van der Waals surface area contributed by atoms with Gasteiger partial charge in [-0.25, -0.2) is 17.1 Å². The van der Waals surface area contributed by atoms with Crippen molar-refractivity contribution in [2.45, 2.75) is 17.7 Å². The zero-order chi connectivity index (χ0) is 15.9. The van der Waals surface area contributed by atoms with Crippen LogP contribution in [-0.4, -0.2) is 38.8 Å². The van der Waals surface area contributed by atoms with E-state index in [1.54, 1.807) is 0 Å². The summed E-state index contributed by atoms with van der Waals surface area (Å²) in [6.07, 6.45) is 5.56. The van der Waals surface area contributed by atoms with Crippen LogP contribution in [0.25, 0.3) is 0 Å². The lowest BCUT2D eigenvalue weighted by atomic mass is 10.3. The van der Waals surface area contributed by atoms with Gasteiger partial charge in [0.15, 0.2) is 0 Å². The molecule has 0 aliphatic rings. The summed E-state index contributed by atoms with van der Waals surface area (Å²) in [5.74, 6) is 1.56. The number of sulfonamides is 1. The Hall–Kier alpha value is -1.91. The van der Waals surface area contributed by atoms with Crippen LogP contribution in [0.1, 0.15) is 12.8 Å². The number of hydrogen-bond acceptors (Lipinski definition) is 3. The fourth-order valence-corrected chi connectivity index (χ4v) is 2.82. The van der Waals surface area contributed by atoms with Gasteiger partial charge in [-0.05, 0) is 30.7 Å². The molecule has 0 spiro atoms. The molecule has 1 aromatic rings. The predicted octanol–water partition coefficient (Wildman–Crippen LogP) is 0.976. The van der Waals surface area contributed by atoms with Crippen LogP contribution < -0.4 is 5.32 Å². The maximum atomic E-state index is 12.8. The molecule has 0 saturated heterocycles. The van der Waals surface area contributed by atoms with Gasteiger partial charge in [0.1, 0.15) is 5.82 Å². The Morgan fingerprint density at radius 2 is 2.00 bits per heavy atom. The van der Waals surface area contributed by atoms with Crippen molar-refractivity contribution in [3.05, 3.63) is 30.1 Å². The molecule has 1 aromatic carbocycles. The highest BCUT2D eigenvalue weighted by molar-refractivity contribution is 7.89. The molecule has 0 aliphatic heterocycles.